The third kappa shape index (κ3) is 5.03. The number of carbonyl (C=O) groups is 1. The van der Waals surface area contributed by atoms with Crippen molar-refractivity contribution in [2.24, 2.45) is 0 Å². The van der Waals surface area contributed by atoms with Gasteiger partial charge in [0.25, 0.3) is 0 Å². The Labute approximate surface area is 169 Å². The van der Waals surface area contributed by atoms with Crippen molar-refractivity contribution in [3.05, 3.63) is 48.3 Å². The highest BCUT2D eigenvalue weighted by molar-refractivity contribution is 5.76. The molecule has 3 heterocycles. The number of likely N-dealkylation sites (tertiary alicyclic amines) is 1. The quantitative estimate of drug-likeness (QED) is 0.507. The number of aromatic nitrogens is 3. The number of aryl methyl sites for hydroxylation is 1. The fourth-order valence-corrected chi connectivity index (χ4v) is 3.73. The first-order valence-corrected chi connectivity index (χ1v) is 10.0. The minimum absolute atomic E-state index is 0.412. The van der Waals surface area contributed by atoms with E-state index in [-0.39, 0.29) is 0 Å². The van der Waals surface area contributed by atoms with Crippen molar-refractivity contribution < 1.29 is 9.90 Å². The number of hydrogen-bond acceptors (Lipinski definition) is 5. The van der Waals surface area contributed by atoms with Gasteiger partial charge in [0, 0.05) is 43.1 Å². The fourth-order valence-electron chi connectivity index (χ4n) is 3.73. The van der Waals surface area contributed by atoms with Gasteiger partial charge in [0.2, 0.25) is 5.95 Å². The van der Waals surface area contributed by atoms with Crippen molar-refractivity contribution in [1.29, 1.82) is 0 Å². The van der Waals surface area contributed by atoms with Crippen LogP contribution in [0.5, 0.6) is 0 Å². The van der Waals surface area contributed by atoms with Crippen LogP contribution >= 0.6 is 0 Å². The van der Waals surface area contributed by atoms with Crippen molar-refractivity contribution in [3.8, 4) is 0 Å². The second-order valence-electron chi connectivity index (χ2n) is 7.38. The second kappa shape index (κ2) is 8.91. The number of anilines is 2. The first-order chi connectivity index (χ1) is 14.2. The number of hydrogen-bond donors (Lipinski definition) is 3. The molecule has 0 bridgehead atoms. The molecule has 8 nitrogen and oxygen atoms in total. The Morgan fingerprint density at radius 1 is 1.21 bits per heavy atom. The van der Waals surface area contributed by atoms with Crippen molar-refractivity contribution in [2.75, 3.05) is 25.0 Å². The lowest BCUT2D eigenvalue weighted by molar-refractivity contribution is 0.194. The molecule has 2 aromatic heterocycles. The van der Waals surface area contributed by atoms with Crippen LogP contribution in [0.4, 0.5) is 16.4 Å². The SMILES string of the molecule is O=C(O)NCCCn1ccc2cnc(Nc3cccc(CN4CCCC4)c3)nc21. The maximum Gasteiger partial charge on any atom is 0.404 e. The summed E-state index contributed by atoms with van der Waals surface area (Å²) in [6.07, 6.45) is 6.05. The molecule has 0 spiro atoms. The van der Waals surface area contributed by atoms with Crippen LogP contribution in [0.2, 0.25) is 0 Å². The highest BCUT2D eigenvalue weighted by Crippen LogP contribution is 2.20. The third-order valence-electron chi connectivity index (χ3n) is 5.14. The maximum atomic E-state index is 10.6. The van der Waals surface area contributed by atoms with Crippen molar-refractivity contribution in [1.82, 2.24) is 24.8 Å². The normalized spacial score (nSPS) is 14.3. The van der Waals surface area contributed by atoms with Gasteiger partial charge in [-0.25, -0.2) is 9.78 Å². The van der Waals surface area contributed by atoms with Gasteiger partial charge in [0.05, 0.1) is 0 Å². The molecule has 4 rings (SSSR count). The number of nitrogens with zero attached hydrogens (tertiary/aromatic N) is 4. The van der Waals surface area contributed by atoms with Gasteiger partial charge < -0.3 is 20.3 Å². The summed E-state index contributed by atoms with van der Waals surface area (Å²) in [5, 5.41) is 15.3. The van der Waals surface area contributed by atoms with Gasteiger partial charge in [-0.15, -0.1) is 0 Å². The van der Waals surface area contributed by atoms with E-state index >= 15 is 0 Å². The van der Waals surface area contributed by atoms with E-state index in [0.717, 1.165) is 23.3 Å². The molecule has 3 aromatic rings. The van der Waals surface area contributed by atoms with Gasteiger partial charge in [0.15, 0.2) is 0 Å². The van der Waals surface area contributed by atoms with Crippen molar-refractivity contribution in [2.45, 2.75) is 32.4 Å². The van der Waals surface area contributed by atoms with Crippen molar-refractivity contribution >= 4 is 28.8 Å². The maximum absolute atomic E-state index is 10.6. The Kier molecular flexibility index (Phi) is 5.90. The number of amides is 1. The number of carboxylic acid groups (broad SMARTS) is 1. The number of rotatable bonds is 8. The molecule has 1 aromatic carbocycles. The van der Waals surface area contributed by atoms with E-state index in [1.165, 1.54) is 31.5 Å². The average molecular weight is 394 g/mol. The van der Waals surface area contributed by atoms with E-state index < -0.39 is 6.09 Å². The average Bonchev–Trinajstić information content (AvgIpc) is 3.35. The van der Waals surface area contributed by atoms with Crippen LogP contribution in [0.3, 0.4) is 0 Å². The Bertz CT molecular complexity index is 980. The van der Waals surface area contributed by atoms with E-state index in [1.54, 1.807) is 0 Å². The van der Waals surface area contributed by atoms with Crippen LogP contribution < -0.4 is 10.6 Å². The first-order valence-electron chi connectivity index (χ1n) is 10.0. The molecule has 1 saturated heterocycles. The molecule has 29 heavy (non-hydrogen) atoms. The van der Waals surface area contributed by atoms with E-state index in [4.69, 9.17) is 5.11 Å². The smallest absolute Gasteiger partial charge is 0.404 e. The molecule has 1 amide bonds. The Morgan fingerprint density at radius 3 is 2.90 bits per heavy atom. The minimum Gasteiger partial charge on any atom is -0.465 e. The molecule has 0 atom stereocenters. The van der Waals surface area contributed by atoms with Gasteiger partial charge >= 0.3 is 6.09 Å². The van der Waals surface area contributed by atoms with Crippen LogP contribution in [-0.2, 0) is 13.1 Å². The van der Waals surface area contributed by atoms with Crippen LogP contribution in [0.1, 0.15) is 24.8 Å². The number of nitrogens with one attached hydrogen (secondary N) is 2. The summed E-state index contributed by atoms with van der Waals surface area (Å²) in [6, 6.07) is 10.4. The Morgan fingerprint density at radius 2 is 2.07 bits per heavy atom. The van der Waals surface area contributed by atoms with Gasteiger partial charge in [-0.3, -0.25) is 4.90 Å². The molecule has 0 radical (unpaired) electrons. The minimum atomic E-state index is -0.997. The molecule has 152 valence electrons. The summed E-state index contributed by atoms with van der Waals surface area (Å²) in [5.74, 6) is 0.555. The van der Waals surface area contributed by atoms with Gasteiger partial charge in [-0.1, -0.05) is 12.1 Å². The van der Waals surface area contributed by atoms with Gasteiger partial charge in [-0.05, 0) is 56.1 Å². The summed E-state index contributed by atoms with van der Waals surface area (Å²) in [7, 11) is 0. The zero-order valence-electron chi connectivity index (χ0n) is 16.3. The second-order valence-corrected chi connectivity index (χ2v) is 7.38. The summed E-state index contributed by atoms with van der Waals surface area (Å²) < 4.78 is 2.02. The Balaban J connectivity index is 1.43. The highest BCUT2D eigenvalue weighted by Gasteiger charge is 2.12. The lowest BCUT2D eigenvalue weighted by Crippen LogP contribution is -2.22. The zero-order chi connectivity index (χ0) is 20.1. The zero-order valence-corrected chi connectivity index (χ0v) is 16.3. The summed E-state index contributed by atoms with van der Waals surface area (Å²) in [4.78, 5) is 22.1. The van der Waals surface area contributed by atoms with Crippen LogP contribution in [0, 0.1) is 0 Å². The summed E-state index contributed by atoms with van der Waals surface area (Å²) in [5.41, 5.74) is 3.10. The van der Waals surface area contributed by atoms with Crippen molar-refractivity contribution in [3.63, 3.8) is 0 Å². The number of fused-ring (bicyclic) bond motifs is 1. The standard InChI is InChI=1S/C21H26N6O2/c28-21(29)22-8-4-11-27-12-7-17-14-23-20(25-19(17)27)24-18-6-3-5-16(13-18)15-26-9-1-2-10-26/h3,5-7,12-14,22H,1-2,4,8-11,15H2,(H,28,29)(H,23,24,25). The molecule has 1 aliphatic rings. The lowest BCUT2D eigenvalue weighted by Gasteiger charge is -2.15. The fraction of sp³-hybridized carbons (Fsp3) is 0.381. The predicted molar refractivity (Wildman–Crippen MR) is 112 cm³/mol. The molecule has 8 heteroatoms. The van der Waals surface area contributed by atoms with E-state index in [9.17, 15) is 4.79 Å². The summed E-state index contributed by atoms with van der Waals surface area (Å²) in [6.45, 7) is 4.43. The molecular formula is C21H26N6O2. The molecule has 3 N–H and O–H groups in total. The molecule has 0 saturated carbocycles. The molecular weight excluding hydrogens is 368 g/mol. The highest BCUT2D eigenvalue weighted by atomic mass is 16.4. The third-order valence-corrected chi connectivity index (χ3v) is 5.14. The van der Waals surface area contributed by atoms with Crippen LogP contribution in [-0.4, -0.2) is 50.3 Å². The van der Waals surface area contributed by atoms with Crippen LogP contribution in [0.25, 0.3) is 11.0 Å². The topological polar surface area (TPSA) is 95.3 Å². The largest absolute Gasteiger partial charge is 0.465 e. The molecule has 1 fully saturated rings. The van der Waals surface area contributed by atoms with Gasteiger partial charge in [-0.2, -0.15) is 4.98 Å². The molecule has 0 aliphatic carbocycles. The predicted octanol–water partition coefficient (Wildman–Crippen LogP) is 3.43. The lowest BCUT2D eigenvalue weighted by atomic mass is 10.2. The van der Waals surface area contributed by atoms with Gasteiger partial charge in [0.1, 0.15) is 5.65 Å². The van der Waals surface area contributed by atoms with Crippen LogP contribution in [0.15, 0.2) is 42.7 Å². The van der Waals surface area contributed by atoms with E-state index in [1.807, 2.05) is 29.1 Å². The van der Waals surface area contributed by atoms with E-state index in [2.05, 4.69) is 43.7 Å². The monoisotopic (exact) mass is 394 g/mol. The first kappa shape index (κ1) is 19.2. The Hall–Kier alpha value is -3.13. The molecule has 1 aliphatic heterocycles. The van der Waals surface area contributed by atoms with E-state index in [0.29, 0.717) is 25.5 Å². The molecule has 0 unspecified atom stereocenters. The summed E-state index contributed by atoms with van der Waals surface area (Å²) >= 11 is 0. The number of benzene rings is 1.